The second kappa shape index (κ2) is 5.85. The van der Waals surface area contributed by atoms with Crippen LogP contribution in [0.15, 0.2) is 24.3 Å². The Bertz CT molecular complexity index is 627. The van der Waals surface area contributed by atoms with Gasteiger partial charge in [-0.05, 0) is 24.3 Å². The lowest BCUT2D eigenvalue weighted by atomic mass is 9.91. The standard InChI is InChI=1S/C16H20N2O2S/c1-16(2,3)14-13(10-19)21-15(17-14)18(4)11-6-8-12(20-5)9-7-11/h6-10H,1-5H3. The number of aromatic nitrogens is 1. The first-order valence-electron chi connectivity index (χ1n) is 6.71. The van der Waals surface area contributed by atoms with Crippen LogP contribution in [-0.4, -0.2) is 25.4 Å². The van der Waals surface area contributed by atoms with Crippen LogP contribution in [0, 0.1) is 0 Å². The van der Waals surface area contributed by atoms with Crippen molar-refractivity contribution in [2.24, 2.45) is 0 Å². The van der Waals surface area contributed by atoms with Gasteiger partial charge in [0, 0.05) is 18.2 Å². The van der Waals surface area contributed by atoms with E-state index in [1.54, 1.807) is 7.11 Å². The molecule has 112 valence electrons. The molecule has 0 aliphatic rings. The summed E-state index contributed by atoms with van der Waals surface area (Å²) in [7, 11) is 3.59. The third kappa shape index (κ3) is 3.24. The third-order valence-electron chi connectivity index (χ3n) is 3.21. The van der Waals surface area contributed by atoms with Gasteiger partial charge in [0.1, 0.15) is 5.75 Å². The number of benzene rings is 1. The van der Waals surface area contributed by atoms with E-state index in [4.69, 9.17) is 4.74 Å². The summed E-state index contributed by atoms with van der Waals surface area (Å²) in [5.74, 6) is 0.815. The highest BCUT2D eigenvalue weighted by Crippen LogP contribution is 2.35. The Hall–Kier alpha value is -1.88. The molecule has 0 amide bonds. The highest BCUT2D eigenvalue weighted by Gasteiger charge is 2.24. The van der Waals surface area contributed by atoms with Gasteiger partial charge in [-0.3, -0.25) is 4.79 Å². The van der Waals surface area contributed by atoms with Gasteiger partial charge in [-0.2, -0.15) is 0 Å². The number of aldehydes is 1. The van der Waals surface area contributed by atoms with Crippen molar-refractivity contribution in [1.82, 2.24) is 4.98 Å². The highest BCUT2D eigenvalue weighted by molar-refractivity contribution is 7.17. The second-order valence-corrected chi connectivity index (χ2v) is 6.84. The van der Waals surface area contributed by atoms with E-state index in [1.165, 1.54) is 11.3 Å². The molecule has 0 aliphatic heterocycles. The molecular weight excluding hydrogens is 284 g/mol. The zero-order valence-electron chi connectivity index (χ0n) is 13.0. The molecule has 0 fully saturated rings. The first-order chi connectivity index (χ1) is 9.86. The van der Waals surface area contributed by atoms with Gasteiger partial charge in [-0.1, -0.05) is 32.1 Å². The molecule has 0 spiro atoms. The minimum atomic E-state index is -0.147. The van der Waals surface area contributed by atoms with Crippen LogP contribution in [0.5, 0.6) is 5.75 Å². The molecular formula is C16H20N2O2S. The SMILES string of the molecule is COc1ccc(N(C)c2nc(C(C)(C)C)c(C=O)s2)cc1. The summed E-state index contributed by atoms with van der Waals surface area (Å²) in [5.41, 5.74) is 1.70. The van der Waals surface area contributed by atoms with E-state index in [1.807, 2.05) is 36.2 Å². The molecule has 1 aromatic carbocycles. The van der Waals surface area contributed by atoms with Crippen LogP contribution >= 0.6 is 11.3 Å². The molecule has 2 rings (SSSR count). The number of anilines is 2. The van der Waals surface area contributed by atoms with Crippen molar-refractivity contribution in [2.45, 2.75) is 26.2 Å². The average Bonchev–Trinajstić information content (AvgIpc) is 2.91. The number of hydrogen-bond acceptors (Lipinski definition) is 5. The third-order valence-corrected chi connectivity index (χ3v) is 4.26. The molecule has 0 saturated heterocycles. The minimum Gasteiger partial charge on any atom is -0.497 e. The van der Waals surface area contributed by atoms with Gasteiger partial charge < -0.3 is 9.64 Å². The van der Waals surface area contributed by atoms with Gasteiger partial charge in [0.2, 0.25) is 0 Å². The zero-order valence-corrected chi connectivity index (χ0v) is 13.8. The van der Waals surface area contributed by atoms with Crippen LogP contribution in [0.4, 0.5) is 10.8 Å². The van der Waals surface area contributed by atoms with Gasteiger partial charge in [0.25, 0.3) is 0 Å². The van der Waals surface area contributed by atoms with E-state index in [2.05, 4.69) is 25.8 Å². The minimum absolute atomic E-state index is 0.147. The smallest absolute Gasteiger partial charge is 0.190 e. The summed E-state index contributed by atoms with van der Waals surface area (Å²) in [5, 5.41) is 0.812. The Balaban J connectivity index is 2.36. The number of ether oxygens (including phenoxy) is 1. The quantitative estimate of drug-likeness (QED) is 0.800. The van der Waals surface area contributed by atoms with Crippen LogP contribution in [0.25, 0.3) is 0 Å². The van der Waals surface area contributed by atoms with E-state index in [0.29, 0.717) is 4.88 Å². The Morgan fingerprint density at radius 2 is 1.86 bits per heavy atom. The van der Waals surface area contributed by atoms with Gasteiger partial charge in [0.05, 0.1) is 17.7 Å². The predicted octanol–water partition coefficient (Wildman–Crippen LogP) is 4.03. The summed E-state index contributed by atoms with van der Waals surface area (Å²) in [6.45, 7) is 6.19. The molecule has 0 atom stereocenters. The van der Waals surface area contributed by atoms with Crippen molar-refractivity contribution in [3.63, 3.8) is 0 Å². The van der Waals surface area contributed by atoms with Crippen molar-refractivity contribution >= 4 is 28.4 Å². The fourth-order valence-corrected chi connectivity index (χ4v) is 3.07. The number of methoxy groups -OCH3 is 1. The van der Waals surface area contributed by atoms with Crippen molar-refractivity contribution in [3.8, 4) is 5.75 Å². The van der Waals surface area contributed by atoms with Crippen LogP contribution in [0.2, 0.25) is 0 Å². The summed E-state index contributed by atoms with van der Waals surface area (Å²) >= 11 is 1.41. The second-order valence-electron chi connectivity index (χ2n) is 5.83. The first-order valence-corrected chi connectivity index (χ1v) is 7.52. The molecule has 4 nitrogen and oxygen atoms in total. The normalized spacial score (nSPS) is 11.3. The lowest BCUT2D eigenvalue weighted by Gasteiger charge is -2.18. The number of hydrogen-bond donors (Lipinski definition) is 0. The fourth-order valence-electron chi connectivity index (χ4n) is 2.00. The van der Waals surface area contributed by atoms with E-state index >= 15 is 0 Å². The number of rotatable bonds is 4. The largest absolute Gasteiger partial charge is 0.497 e. The Labute approximate surface area is 129 Å². The Kier molecular flexibility index (Phi) is 4.32. The van der Waals surface area contributed by atoms with Crippen molar-refractivity contribution < 1.29 is 9.53 Å². The summed E-state index contributed by atoms with van der Waals surface area (Å²) in [6, 6.07) is 7.75. The van der Waals surface area contributed by atoms with Gasteiger partial charge in [0.15, 0.2) is 11.4 Å². The maximum Gasteiger partial charge on any atom is 0.190 e. The van der Waals surface area contributed by atoms with Crippen molar-refractivity contribution in [3.05, 3.63) is 34.8 Å². The highest BCUT2D eigenvalue weighted by atomic mass is 32.1. The van der Waals surface area contributed by atoms with E-state index in [-0.39, 0.29) is 5.41 Å². The molecule has 0 radical (unpaired) electrons. The van der Waals surface area contributed by atoms with Crippen LogP contribution < -0.4 is 9.64 Å². The molecule has 0 bridgehead atoms. The first kappa shape index (κ1) is 15.5. The van der Waals surface area contributed by atoms with Crippen molar-refractivity contribution in [1.29, 1.82) is 0 Å². The monoisotopic (exact) mass is 304 g/mol. The lowest BCUT2D eigenvalue weighted by Crippen LogP contribution is -2.15. The number of nitrogens with zero attached hydrogens (tertiary/aromatic N) is 2. The molecule has 1 aromatic heterocycles. The molecule has 1 heterocycles. The number of carbonyl (C=O) groups is 1. The van der Waals surface area contributed by atoms with E-state index < -0.39 is 0 Å². The molecule has 2 aromatic rings. The van der Waals surface area contributed by atoms with E-state index in [9.17, 15) is 4.79 Å². The Morgan fingerprint density at radius 1 is 1.24 bits per heavy atom. The maximum atomic E-state index is 11.3. The van der Waals surface area contributed by atoms with Gasteiger partial charge in [-0.25, -0.2) is 4.98 Å². The van der Waals surface area contributed by atoms with Crippen LogP contribution in [-0.2, 0) is 5.41 Å². The molecule has 0 saturated carbocycles. The summed E-state index contributed by atoms with van der Waals surface area (Å²) < 4.78 is 5.16. The zero-order chi connectivity index (χ0) is 15.6. The van der Waals surface area contributed by atoms with Gasteiger partial charge in [-0.15, -0.1) is 0 Å². The molecule has 21 heavy (non-hydrogen) atoms. The topological polar surface area (TPSA) is 42.4 Å². The van der Waals surface area contributed by atoms with Crippen LogP contribution in [0.1, 0.15) is 36.1 Å². The molecule has 5 heteroatoms. The molecule has 0 unspecified atom stereocenters. The average molecular weight is 304 g/mol. The van der Waals surface area contributed by atoms with Crippen LogP contribution in [0.3, 0.4) is 0 Å². The summed E-state index contributed by atoms with van der Waals surface area (Å²) in [4.78, 5) is 18.6. The number of thiazole rings is 1. The van der Waals surface area contributed by atoms with Crippen molar-refractivity contribution in [2.75, 3.05) is 19.1 Å². The maximum absolute atomic E-state index is 11.3. The predicted molar refractivity (Wildman–Crippen MR) is 87.3 cm³/mol. The fraction of sp³-hybridized carbons (Fsp3) is 0.375. The molecule has 0 aliphatic carbocycles. The van der Waals surface area contributed by atoms with E-state index in [0.717, 1.165) is 28.5 Å². The van der Waals surface area contributed by atoms with Gasteiger partial charge >= 0.3 is 0 Å². The Morgan fingerprint density at radius 3 is 2.29 bits per heavy atom. The number of carbonyl (C=O) groups excluding carboxylic acids is 1. The lowest BCUT2D eigenvalue weighted by molar-refractivity contribution is 0.112. The molecule has 0 N–H and O–H groups in total. The summed E-state index contributed by atoms with van der Waals surface area (Å²) in [6.07, 6.45) is 0.892.